The van der Waals surface area contributed by atoms with Crippen LogP contribution in [0.15, 0.2) is 60.0 Å². The lowest BCUT2D eigenvalue weighted by Crippen LogP contribution is -2.40. The summed E-state index contributed by atoms with van der Waals surface area (Å²) in [5.41, 5.74) is 0.893. The Morgan fingerprint density at radius 1 is 1.05 bits per heavy atom. The molecular weight excluding hydrogens is 569 g/mol. The number of aryl methyl sites for hydroxylation is 1. The summed E-state index contributed by atoms with van der Waals surface area (Å²) in [4.78, 5) is 29.9. The number of esters is 1. The Labute approximate surface area is 250 Å². The number of amides is 1. The zero-order valence-corrected chi connectivity index (χ0v) is 25.8. The van der Waals surface area contributed by atoms with Crippen LogP contribution in [0.2, 0.25) is 0 Å². The lowest BCUT2D eigenvalue weighted by Gasteiger charge is -2.21. The molecule has 232 valence electrons. The van der Waals surface area contributed by atoms with E-state index in [1.54, 1.807) is 23.5 Å². The predicted octanol–water partition coefficient (Wildman–Crippen LogP) is 6.86. The van der Waals surface area contributed by atoms with Crippen molar-refractivity contribution in [2.75, 3.05) is 13.2 Å². The largest absolute Gasteiger partial charge is 0.488 e. The molecule has 0 radical (unpaired) electrons. The SMILES string of the molecule is CC.CC.CC(=O)N1CC(Oc2ccccc2C(F)(F)F)CC1C(=O)OCc1ccccc1.Cc1nc(CCO)cs1. The molecule has 0 saturated carbocycles. The highest BCUT2D eigenvalue weighted by molar-refractivity contribution is 7.09. The number of hydrogen-bond acceptors (Lipinski definition) is 7. The highest BCUT2D eigenvalue weighted by atomic mass is 32.1. The number of rotatable bonds is 7. The third kappa shape index (κ3) is 11.8. The molecule has 0 aliphatic carbocycles. The number of alkyl halides is 3. The maximum absolute atomic E-state index is 13.2. The predicted molar refractivity (Wildman–Crippen MR) is 158 cm³/mol. The molecule has 2 atom stereocenters. The molecule has 1 aromatic heterocycles. The lowest BCUT2D eigenvalue weighted by molar-refractivity contribution is -0.154. The maximum atomic E-state index is 13.2. The molecule has 0 spiro atoms. The van der Waals surface area contributed by atoms with Crippen molar-refractivity contribution >= 4 is 23.2 Å². The van der Waals surface area contributed by atoms with Gasteiger partial charge in [0, 0.05) is 31.8 Å². The molecule has 42 heavy (non-hydrogen) atoms. The van der Waals surface area contributed by atoms with Crippen LogP contribution in [0, 0.1) is 6.92 Å². The summed E-state index contributed by atoms with van der Waals surface area (Å²) in [6, 6.07) is 13.0. The first-order valence-corrected chi connectivity index (χ1v) is 14.8. The van der Waals surface area contributed by atoms with Crippen LogP contribution in [0.4, 0.5) is 13.2 Å². The number of thiazole rings is 1. The van der Waals surface area contributed by atoms with Crippen molar-refractivity contribution in [3.05, 3.63) is 81.8 Å². The molecule has 2 aromatic carbocycles. The van der Waals surface area contributed by atoms with Crippen molar-refractivity contribution in [3.63, 3.8) is 0 Å². The van der Waals surface area contributed by atoms with Gasteiger partial charge < -0.3 is 19.5 Å². The fourth-order valence-electron chi connectivity index (χ4n) is 3.90. The minimum Gasteiger partial charge on any atom is -0.488 e. The fraction of sp³-hybridized carbons (Fsp3) is 0.452. The summed E-state index contributed by atoms with van der Waals surface area (Å²) in [7, 11) is 0. The number of nitrogens with zero attached hydrogens (tertiary/aromatic N) is 2. The van der Waals surface area contributed by atoms with Crippen molar-refractivity contribution in [2.45, 2.75) is 79.3 Å². The second kappa shape index (κ2) is 18.9. The maximum Gasteiger partial charge on any atom is 0.419 e. The average molecular weight is 611 g/mol. The third-order valence-electron chi connectivity index (χ3n) is 5.68. The van der Waals surface area contributed by atoms with Gasteiger partial charge in [0.1, 0.15) is 24.5 Å². The van der Waals surface area contributed by atoms with E-state index in [2.05, 4.69) is 4.98 Å². The molecular formula is C31H41F3N2O5S. The first-order chi connectivity index (χ1) is 20.1. The van der Waals surface area contributed by atoms with Crippen LogP contribution in [0.3, 0.4) is 0 Å². The number of carbonyl (C=O) groups is 2. The molecule has 7 nitrogen and oxygen atoms in total. The van der Waals surface area contributed by atoms with E-state index in [4.69, 9.17) is 14.6 Å². The zero-order valence-electron chi connectivity index (χ0n) is 25.0. The van der Waals surface area contributed by atoms with Gasteiger partial charge in [-0.05, 0) is 24.6 Å². The Bertz CT molecular complexity index is 1200. The molecule has 2 heterocycles. The quantitative estimate of drug-likeness (QED) is 0.294. The second-order valence-electron chi connectivity index (χ2n) is 8.58. The number of aromatic nitrogens is 1. The molecule has 1 aliphatic heterocycles. The monoisotopic (exact) mass is 610 g/mol. The van der Waals surface area contributed by atoms with Gasteiger partial charge in [0.25, 0.3) is 0 Å². The Hall–Kier alpha value is -3.44. The Morgan fingerprint density at radius 2 is 1.67 bits per heavy atom. The second-order valence-corrected chi connectivity index (χ2v) is 9.64. The van der Waals surface area contributed by atoms with Crippen LogP contribution >= 0.6 is 11.3 Å². The van der Waals surface area contributed by atoms with Crippen molar-refractivity contribution in [1.82, 2.24) is 9.88 Å². The highest BCUT2D eigenvalue weighted by Gasteiger charge is 2.42. The zero-order chi connectivity index (χ0) is 31.7. The number of para-hydroxylation sites is 1. The van der Waals surface area contributed by atoms with Gasteiger partial charge >= 0.3 is 12.1 Å². The molecule has 1 fully saturated rings. The van der Waals surface area contributed by atoms with Crippen LogP contribution in [0.25, 0.3) is 0 Å². The first-order valence-electron chi connectivity index (χ1n) is 13.9. The van der Waals surface area contributed by atoms with Crippen LogP contribution in [0.5, 0.6) is 5.75 Å². The third-order valence-corrected chi connectivity index (χ3v) is 6.51. The van der Waals surface area contributed by atoms with Gasteiger partial charge in [0.05, 0.1) is 22.8 Å². The summed E-state index contributed by atoms with van der Waals surface area (Å²) < 4.78 is 50.4. The molecule has 1 amide bonds. The number of halogens is 3. The number of benzene rings is 2. The van der Waals surface area contributed by atoms with Crippen molar-refractivity contribution in [2.24, 2.45) is 0 Å². The smallest absolute Gasteiger partial charge is 0.419 e. The topological polar surface area (TPSA) is 89.0 Å². The minimum atomic E-state index is -4.57. The first kappa shape index (κ1) is 36.6. The van der Waals surface area contributed by atoms with Gasteiger partial charge in [-0.15, -0.1) is 11.3 Å². The molecule has 2 unspecified atom stereocenters. The van der Waals surface area contributed by atoms with E-state index >= 15 is 0 Å². The average Bonchev–Trinajstić information content (AvgIpc) is 3.61. The number of likely N-dealkylation sites (tertiary alicyclic amines) is 1. The Kier molecular flexibility index (Phi) is 16.5. The number of ether oxygens (including phenoxy) is 2. The van der Waals surface area contributed by atoms with Gasteiger partial charge in [-0.3, -0.25) is 4.79 Å². The number of aliphatic hydroxyl groups excluding tert-OH is 1. The van der Waals surface area contributed by atoms with E-state index in [-0.39, 0.29) is 37.8 Å². The number of hydrogen-bond donors (Lipinski definition) is 1. The summed E-state index contributed by atoms with van der Waals surface area (Å²) in [5, 5.41) is 11.5. The summed E-state index contributed by atoms with van der Waals surface area (Å²) in [6.45, 7) is 11.5. The minimum absolute atomic E-state index is 0.00658. The molecule has 0 bridgehead atoms. The molecule has 1 saturated heterocycles. The van der Waals surface area contributed by atoms with Gasteiger partial charge in [-0.25, -0.2) is 9.78 Å². The van der Waals surface area contributed by atoms with Gasteiger partial charge in [0.15, 0.2) is 0 Å². The standard InChI is InChI=1S/C21H20F3NO4.C6H9NOS.2C2H6/c1-14(26)25-12-16(29-19-10-6-5-9-17(19)21(22,23)24)11-18(25)20(27)28-13-15-7-3-2-4-8-15;1-5-7-6(2-3-8)4-9-5;2*1-2/h2-10,16,18H,11-13H2,1H3;4,8H,2-3H2,1H3;2*1-2H3. The summed E-state index contributed by atoms with van der Waals surface area (Å²) in [5.74, 6) is -1.31. The van der Waals surface area contributed by atoms with E-state index in [1.165, 1.54) is 30.0 Å². The van der Waals surface area contributed by atoms with Gasteiger partial charge in [-0.1, -0.05) is 70.2 Å². The lowest BCUT2D eigenvalue weighted by atomic mass is 10.1. The van der Waals surface area contributed by atoms with Gasteiger partial charge in [-0.2, -0.15) is 13.2 Å². The van der Waals surface area contributed by atoms with E-state index < -0.39 is 29.9 Å². The van der Waals surface area contributed by atoms with E-state index in [0.29, 0.717) is 6.42 Å². The summed E-state index contributed by atoms with van der Waals surface area (Å²) >= 11 is 1.62. The fourth-order valence-corrected chi connectivity index (χ4v) is 4.55. The molecule has 1 N–H and O–H groups in total. The van der Waals surface area contributed by atoms with Crippen LogP contribution in [0.1, 0.15) is 62.9 Å². The van der Waals surface area contributed by atoms with Gasteiger partial charge in [0.2, 0.25) is 5.91 Å². The van der Waals surface area contributed by atoms with Crippen molar-refractivity contribution in [3.8, 4) is 5.75 Å². The van der Waals surface area contributed by atoms with Crippen LogP contribution in [-0.4, -0.2) is 52.2 Å². The molecule has 4 rings (SSSR count). The Morgan fingerprint density at radius 3 is 2.21 bits per heavy atom. The van der Waals surface area contributed by atoms with E-state index in [1.807, 2.05) is 58.2 Å². The number of aliphatic hydroxyl groups is 1. The van der Waals surface area contributed by atoms with E-state index in [9.17, 15) is 22.8 Å². The Balaban J connectivity index is 0.000000569. The molecule has 3 aromatic rings. The molecule has 11 heteroatoms. The van der Waals surface area contributed by atoms with Crippen molar-refractivity contribution < 1.29 is 37.3 Å². The van der Waals surface area contributed by atoms with Crippen LogP contribution in [-0.2, 0) is 33.5 Å². The summed E-state index contributed by atoms with van der Waals surface area (Å²) in [6.07, 6.45) is -4.58. The van der Waals surface area contributed by atoms with Crippen LogP contribution < -0.4 is 4.74 Å². The number of carbonyl (C=O) groups excluding carboxylic acids is 2. The van der Waals surface area contributed by atoms with Crippen molar-refractivity contribution in [1.29, 1.82) is 0 Å². The van der Waals surface area contributed by atoms with E-state index in [0.717, 1.165) is 22.3 Å². The highest BCUT2D eigenvalue weighted by Crippen LogP contribution is 2.37. The normalized spacial score (nSPS) is 15.6. The molecule has 1 aliphatic rings.